The Hall–Kier alpha value is -1.62. The Morgan fingerprint density at radius 3 is 2.85 bits per heavy atom. The molecule has 0 aliphatic carbocycles. The van der Waals surface area contributed by atoms with E-state index in [1.165, 1.54) is 0 Å². The van der Waals surface area contributed by atoms with E-state index in [-0.39, 0.29) is 0 Å². The normalized spacial score (nSPS) is 23.4. The van der Waals surface area contributed by atoms with Crippen LogP contribution in [-0.4, -0.2) is 39.8 Å². The summed E-state index contributed by atoms with van der Waals surface area (Å²) in [4.78, 5) is 7.09. The van der Waals surface area contributed by atoms with Crippen LogP contribution in [0, 0.1) is 6.92 Å². The Bertz CT molecular complexity index is 591. The molecule has 0 radical (unpaired) electrons. The second-order valence-corrected chi connectivity index (χ2v) is 5.58. The lowest BCUT2D eigenvalue weighted by Gasteiger charge is -2.39. The minimum atomic E-state index is 0.482. The van der Waals surface area contributed by atoms with E-state index in [4.69, 9.17) is 10.1 Å². The van der Waals surface area contributed by atoms with Crippen molar-refractivity contribution in [3.63, 3.8) is 0 Å². The molecule has 5 heteroatoms. The molecule has 0 saturated carbocycles. The molecule has 2 aromatic heterocycles. The molecule has 1 N–H and O–H groups in total. The fraction of sp³-hybridized carbons (Fsp3) is 0.600. The maximum absolute atomic E-state index is 4.71. The number of hydrogen-bond acceptors (Lipinski definition) is 4. The van der Waals surface area contributed by atoms with Crippen LogP contribution < -0.4 is 10.2 Å². The molecule has 3 rings (SSSR count). The van der Waals surface area contributed by atoms with Gasteiger partial charge in [0.05, 0.1) is 0 Å². The molecule has 0 spiro atoms. The Balaban J connectivity index is 1.96. The van der Waals surface area contributed by atoms with Crippen molar-refractivity contribution in [2.75, 3.05) is 18.0 Å². The van der Waals surface area contributed by atoms with Crippen molar-refractivity contribution in [1.29, 1.82) is 0 Å². The Morgan fingerprint density at radius 1 is 1.30 bits per heavy atom. The molecule has 5 nitrogen and oxygen atoms in total. The first kappa shape index (κ1) is 13.4. The van der Waals surface area contributed by atoms with Crippen LogP contribution in [-0.2, 0) is 0 Å². The Labute approximate surface area is 120 Å². The molecule has 1 saturated heterocycles. The van der Waals surface area contributed by atoms with Crippen LogP contribution in [0.25, 0.3) is 5.65 Å². The highest BCUT2D eigenvalue weighted by Crippen LogP contribution is 2.20. The van der Waals surface area contributed by atoms with Gasteiger partial charge in [-0.1, -0.05) is 19.9 Å². The molecule has 108 valence electrons. The average molecular weight is 273 g/mol. The lowest BCUT2D eigenvalue weighted by atomic mass is 10.1. The SMILES string of the molecule is CCC1CN(c2nc3cccc(C)n3n2)C(CC)CN1. The summed E-state index contributed by atoms with van der Waals surface area (Å²) in [6.45, 7) is 8.53. The summed E-state index contributed by atoms with van der Waals surface area (Å²) in [5, 5.41) is 8.32. The smallest absolute Gasteiger partial charge is 0.246 e. The van der Waals surface area contributed by atoms with Gasteiger partial charge in [0, 0.05) is 30.9 Å². The van der Waals surface area contributed by atoms with Crippen LogP contribution >= 0.6 is 0 Å². The van der Waals surface area contributed by atoms with Crippen LogP contribution in [0.15, 0.2) is 18.2 Å². The van der Waals surface area contributed by atoms with Crippen LogP contribution in [0.2, 0.25) is 0 Å². The number of anilines is 1. The van der Waals surface area contributed by atoms with Gasteiger partial charge in [0.25, 0.3) is 0 Å². The summed E-state index contributed by atoms with van der Waals surface area (Å²) < 4.78 is 1.94. The maximum atomic E-state index is 4.71. The zero-order valence-electron chi connectivity index (χ0n) is 12.5. The van der Waals surface area contributed by atoms with Crippen LogP contribution in [0.4, 0.5) is 5.95 Å². The van der Waals surface area contributed by atoms with Crippen LogP contribution in [0.3, 0.4) is 0 Å². The number of nitrogens with zero attached hydrogens (tertiary/aromatic N) is 4. The van der Waals surface area contributed by atoms with E-state index in [0.717, 1.165) is 43.2 Å². The molecule has 0 amide bonds. The second-order valence-electron chi connectivity index (χ2n) is 5.58. The minimum absolute atomic E-state index is 0.482. The summed E-state index contributed by atoms with van der Waals surface area (Å²) in [6, 6.07) is 7.13. The second kappa shape index (κ2) is 5.40. The molecule has 1 aliphatic rings. The van der Waals surface area contributed by atoms with Crippen molar-refractivity contribution >= 4 is 11.6 Å². The van der Waals surface area contributed by atoms with E-state index in [1.807, 2.05) is 16.6 Å². The molecule has 2 atom stereocenters. The molecule has 2 unspecified atom stereocenters. The number of nitrogens with one attached hydrogen (secondary N) is 1. The van der Waals surface area contributed by atoms with Crippen molar-refractivity contribution in [3.05, 3.63) is 23.9 Å². The summed E-state index contributed by atoms with van der Waals surface area (Å²) in [5.74, 6) is 0.867. The predicted molar refractivity (Wildman–Crippen MR) is 81.2 cm³/mol. The van der Waals surface area contributed by atoms with Crippen LogP contribution in [0.1, 0.15) is 32.4 Å². The summed E-state index contributed by atoms with van der Waals surface area (Å²) in [7, 11) is 0. The lowest BCUT2D eigenvalue weighted by Crippen LogP contribution is -2.56. The molecule has 1 aliphatic heterocycles. The topological polar surface area (TPSA) is 45.5 Å². The summed E-state index contributed by atoms with van der Waals surface area (Å²) in [5.41, 5.74) is 2.05. The van der Waals surface area contributed by atoms with Gasteiger partial charge in [0.1, 0.15) is 0 Å². The zero-order chi connectivity index (χ0) is 14.1. The first-order valence-corrected chi connectivity index (χ1v) is 7.55. The van der Waals surface area contributed by atoms with Crippen LogP contribution in [0.5, 0.6) is 0 Å². The van der Waals surface area contributed by atoms with E-state index in [2.05, 4.69) is 37.1 Å². The lowest BCUT2D eigenvalue weighted by molar-refractivity contribution is 0.374. The van der Waals surface area contributed by atoms with Gasteiger partial charge in [-0.25, -0.2) is 4.52 Å². The van der Waals surface area contributed by atoms with Crippen molar-refractivity contribution in [3.8, 4) is 0 Å². The highest BCUT2D eigenvalue weighted by molar-refractivity contribution is 5.46. The highest BCUT2D eigenvalue weighted by Gasteiger charge is 2.28. The predicted octanol–water partition coefficient (Wildman–Crippen LogP) is 2.00. The van der Waals surface area contributed by atoms with Gasteiger partial charge in [-0.3, -0.25) is 0 Å². The Kier molecular flexibility index (Phi) is 3.61. The quantitative estimate of drug-likeness (QED) is 0.929. The van der Waals surface area contributed by atoms with Gasteiger partial charge < -0.3 is 10.2 Å². The monoisotopic (exact) mass is 273 g/mol. The summed E-state index contributed by atoms with van der Waals surface area (Å²) in [6.07, 6.45) is 2.25. The molecule has 0 bridgehead atoms. The molecule has 3 heterocycles. The first-order valence-electron chi connectivity index (χ1n) is 7.55. The Morgan fingerprint density at radius 2 is 2.15 bits per heavy atom. The highest BCUT2D eigenvalue weighted by atomic mass is 15.4. The molecular weight excluding hydrogens is 250 g/mol. The van der Waals surface area contributed by atoms with E-state index in [0.29, 0.717) is 12.1 Å². The van der Waals surface area contributed by atoms with Crippen molar-refractivity contribution < 1.29 is 0 Å². The number of aromatic nitrogens is 3. The van der Waals surface area contributed by atoms with E-state index < -0.39 is 0 Å². The number of hydrogen-bond donors (Lipinski definition) is 1. The number of fused-ring (bicyclic) bond motifs is 1. The van der Waals surface area contributed by atoms with Gasteiger partial charge in [-0.05, 0) is 31.9 Å². The standard InChI is InChI=1S/C15H23N5/c1-4-12-10-19(13(5-2)9-16-12)15-17-14-8-6-7-11(3)20(14)18-15/h6-8,12-13,16H,4-5,9-10H2,1-3H3. The van der Waals surface area contributed by atoms with Gasteiger partial charge in [0.2, 0.25) is 5.95 Å². The summed E-state index contributed by atoms with van der Waals surface area (Å²) >= 11 is 0. The van der Waals surface area contributed by atoms with E-state index in [1.54, 1.807) is 0 Å². The molecule has 20 heavy (non-hydrogen) atoms. The molecule has 2 aromatic rings. The molecular formula is C15H23N5. The van der Waals surface area contributed by atoms with E-state index >= 15 is 0 Å². The van der Waals surface area contributed by atoms with Gasteiger partial charge in [-0.2, -0.15) is 4.98 Å². The third kappa shape index (κ3) is 2.26. The van der Waals surface area contributed by atoms with Crippen molar-refractivity contribution in [2.24, 2.45) is 0 Å². The van der Waals surface area contributed by atoms with Crippen molar-refractivity contribution in [2.45, 2.75) is 45.7 Å². The maximum Gasteiger partial charge on any atom is 0.246 e. The minimum Gasteiger partial charge on any atom is -0.334 e. The largest absolute Gasteiger partial charge is 0.334 e. The molecule has 0 aromatic carbocycles. The fourth-order valence-electron chi connectivity index (χ4n) is 2.89. The third-order valence-electron chi connectivity index (χ3n) is 4.26. The number of aryl methyl sites for hydroxylation is 1. The van der Waals surface area contributed by atoms with Gasteiger partial charge >= 0.3 is 0 Å². The average Bonchev–Trinajstić information content (AvgIpc) is 2.92. The number of piperazine rings is 1. The first-order chi connectivity index (χ1) is 9.72. The zero-order valence-corrected chi connectivity index (χ0v) is 12.5. The number of pyridine rings is 1. The van der Waals surface area contributed by atoms with E-state index in [9.17, 15) is 0 Å². The van der Waals surface area contributed by atoms with Crippen molar-refractivity contribution in [1.82, 2.24) is 19.9 Å². The van der Waals surface area contributed by atoms with Gasteiger partial charge in [0.15, 0.2) is 5.65 Å². The third-order valence-corrected chi connectivity index (χ3v) is 4.26. The fourth-order valence-corrected chi connectivity index (χ4v) is 2.89. The molecule has 1 fully saturated rings. The number of rotatable bonds is 3. The van der Waals surface area contributed by atoms with Gasteiger partial charge in [-0.15, -0.1) is 5.10 Å².